The first kappa shape index (κ1) is 9.85. The van der Waals surface area contributed by atoms with Crippen LogP contribution in [0.15, 0.2) is 12.1 Å². The molecule has 0 aromatic heterocycles. The van der Waals surface area contributed by atoms with Gasteiger partial charge in [0.05, 0.1) is 0 Å². The topological polar surface area (TPSA) is 26.0 Å². The highest BCUT2D eigenvalue weighted by molar-refractivity contribution is 6.35. The molecule has 1 atom stereocenters. The van der Waals surface area contributed by atoms with Gasteiger partial charge in [-0.3, -0.25) is 0 Å². The van der Waals surface area contributed by atoms with Crippen molar-refractivity contribution >= 4 is 23.2 Å². The molecule has 0 saturated carbocycles. The van der Waals surface area contributed by atoms with Crippen LogP contribution in [-0.4, -0.2) is 0 Å². The molecule has 0 heterocycles. The number of benzene rings is 1. The molecule has 2 N–H and O–H groups in total. The van der Waals surface area contributed by atoms with Gasteiger partial charge in [0.25, 0.3) is 0 Å². The molecule has 0 aliphatic rings. The summed E-state index contributed by atoms with van der Waals surface area (Å²) in [6.45, 7) is 3.83. The summed E-state index contributed by atoms with van der Waals surface area (Å²) in [7, 11) is 0. The molecule has 12 heavy (non-hydrogen) atoms. The lowest BCUT2D eigenvalue weighted by molar-refractivity contribution is 0.817. The van der Waals surface area contributed by atoms with E-state index in [1.165, 1.54) is 0 Å². The lowest BCUT2D eigenvalue weighted by atomic mass is 10.1. The van der Waals surface area contributed by atoms with Crippen LogP contribution in [0.4, 0.5) is 0 Å². The van der Waals surface area contributed by atoms with Gasteiger partial charge in [-0.1, -0.05) is 29.3 Å². The minimum atomic E-state index is -0.0477. The molecule has 0 spiro atoms. The van der Waals surface area contributed by atoms with E-state index in [1.54, 1.807) is 6.07 Å². The lowest BCUT2D eigenvalue weighted by Crippen LogP contribution is -2.05. The number of aryl methyl sites for hydroxylation is 1. The monoisotopic (exact) mass is 203 g/mol. The van der Waals surface area contributed by atoms with E-state index >= 15 is 0 Å². The smallest absolute Gasteiger partial charge is 0.0468 e. The Morgan fingerprint density at radius 3 is 2.33 bits per heavy atom. The van der Waals surface area contributed by atoms with Crippen LogP contribution in [0, 0.1) is 6.92 Å². The lowest BCUT2D eigenvalue weighted by Gasteiger charge is -2.09. The molecule has 1 unspecified atom stereocenters. The van der Waals surface area contributed by atoms with Crippen molar-refractivity contribution in [1.29, 1.82) is 0 Å². The molecule has 1 rings (SSSR count). The van der Waals surface area contributed by atoms with E-state index in [4.69, 9.17) is 28.9 Å². The van der Waals surface area contributed by atoms with Gasteiger partial charge in [0, 0.05) is 16.1 Å². The second-order valence-electron chi connectivity index (χ2n) is 2.91. The normalized spacial score (nSPS) is 13.1. The molecule has 0 saturated heterocycles. The maximum absolute atomic E-state index is 5.93. The van der Waals surface area contributed by atoms with Crippen molar-refractivity contribution in [2.24, 2.45) is 5.73 Å². The Hall–Kier alpha value is -0.240. The predicted octanol–water partition coefficient (Wildman–Crippen LogP) is 3.32. The fourth-order valence-corrected chi connectivity index (χ4v) is 1.58. The Kier molecular flexibility index (Phi) is 2.99. The molecule has 3 heteroatoms. The van der Waals surface area contributed by atoms with Crippen LogP contribution in [0.25, 0.3) is 0 Å². The van der Waals surface area contributed by atoms with E-state index in [-0.39, 0.29) is 6.04 Å². The average molecular weight is 204 g/mol. The molecule has 1 aromatic carbocycles. The fraction of sp³-hybridized carbons (Fsp3) is 0.333. The van der Waals surface area contributed by atoms with Gasteiger partial charge in [0.15, 0.2) is 0 Å². The number of halogens is 2. The van der Waals surface area contributed by atoms with Gasteiger partial charge in [0.1, 0.15) is 0 Å². The zero-order valence-electron chi connectivity index (χ0n) is 7.07. The SMILES string of the molecule is Cc1cc(C(C)N)c(Cl)cc1Cl. The van der Waals surface area contributed by atoms with Gasteiger partial charge >= 0.3 is 0 Å². The van der Waals surface area contributed by atoms with E-state index in [0.29, 0.717) is 10.0 Å². The van der Waals surface area contributed by atoms with Crippen LogP contribution in [0.5, 0.6) is 0 Å². The van der Waals surface area contributed by atoms with Crippen molar-refractivity contribution in [3.63, 3.8) is 0 Å². The summed E-state index contributed by atoms with van der Waals surface area (Å²) in [6, 6.07) is 3.61. The Morgan fingerprint density at radius 1 is 1.25 bits per heavy atom. The largest absolute Gasteiger partial charge is 0.324 e. The van der Waals surface area contributed by atoms with Gasteiger partial charge in [-0.2, -0.15) is 0 Å². The first-order valence-electron chi connectivity index (χ1n) is 3.73. The first-order chi connectivity index (χ1) is 5.52. The van der Waals surface area contributed by atoms with Gasteiger partial charge in [-0.05, 0) is 31.0 Å². The highest BCUT2D eigenvalue weighted by Gasteiger charge is 2.07. The summed E-state index contributed by atoms with van der Waals surface area (Å²) in [5.74, 6) is 0. The molecule has 1 nitrogen and oxygen atoms in total. The minimum absolute atomic E-state index is 0.0477. The average Bonchev–Trinajstić information content (AvgIpc) is 1.96. The van der Waals surface area contributed by atoms with E-state index in [2.05, 4.69) is 0 Å². The Balaban J connectivity index is 3.23. The zero-order valence-corrected chi connectivity index (χ0v) is 8.58. The van der Waals surface area contributed by atoms with Gasteiger partial charge in [-0.25, -0.2) is 0 Å². The van der Waals surface area contributed by atoms with Gasteiger partial charge in [-0.15, -0.1) is 0 Å². The van der Waals surface area contributed by atoms with Crippen LogP contribution in [0.3, 0.4) is 0 Å². The molecule has 0 aliphatic heterocycles. The van der Waals surface area contributed by atoms with E-state index in [0.717, 1.165) is 11.1 Å². The first-order valence-corrected chi connectivity index (χ1v) is 4.49. The van der Waals surface area contributed by atoms with Crippen molar-refractivity contribution in [3.05, 3.63) is 33.3 Å². The maximum atomic E-state index is 5.93. The van der Waals surface area contributed by atoms with Crippen LogP contribution >= 0.6 is 23.2 Å². The van der Waals surface area contributed by atoms with E-state index in [9.17, 15) is 0 Å². The zero-order chi connectivity index (χ0) is 9.30. The number of hydrogen-bond donors (Lipinski definition) is 1. The third kappa shape index (κ3) is 1.92. The summed E-state index contributed by atoms with van der Waals surface area (Å²) in [5, 5.41) is 1.32. The molecule has 0 fully saturated rings. The molecule has 0 bridgehead atoms. The van der Waals surface area contributed by atoms with Crippen molar-refractivity contribution in [2.75, 3.05) is 0 Å². The second-order valence-corrected chi connectivity index (χ2v) is 3.73. The van der Waals surface area contributed by atoms with Crippen molar-refractivity contribution in [3.8, 4) is 0 Å². The third-order valence-corrected chi connectivity index (χ3v) is 2.50. The van der Waals surface area contributed by atoms with Crippen molar-refractivity contribution < 1.29 is 0 Å². The third-order valence-electron chi connectivity index (χ3n) is 1.77. The van der Waals surface area contributed by atoms with Crippen LogP contribution in [0.2, 0.25) is 10.0 Å². The van der Waals surface area contributed by atoms with Gasteiger partial charge in [0.2, 0.25) is 0 Å². The molecule has 0 radical (unpaired) electrons. The summed E-state index contributed by atoms with van der Waals surface area (Å²) >= 11 is 11.8. The molecule has 0 amide bonds. The number of rotatable bonds is 1. The van der Waals surface area contributed by atoms with Gasteiger partial charge < -0.3 is 5.73 Å². The fourth-order valence-electron chi connectivity index (χ4n) is 1.03. The Labute approximate surface area is 82.5 Å². The summed E-state index contributed by atoms with van der Waals surface area (Å²) in [5.41, 5.74) is 7.66. The maximum Gasteiger partial charge on any atom is 0.0468 e. The quantitative estimate of drug-likeness (QED) is 0.745. The minimum Gasteiger partial charge on any atom is -0.324 e. The molecule has 66 valence electrons. The van der Waals surface area contributed by atoms with Crippen LogP contribution in [-0.2, 0) is 0 Å². The van der Waals surface area contributed by atoms with E-state index < -0.39 is 0 Å². The highest BCUT2D eigenvalue weighted by Crippen LogP contribution is 2.27. The second kappa shape index (κ2) is 3.65. The highest BCUT2D eigenvalue weighted by atomic mass is 35.5. The van der Waals surface area contributed by atoms with Crippen molar-refractivity contribution in [1.82, 2.24) is 0 Å². The van der Waals surface area contributed by atoms with Crippen LogP contribution in [0.1, 0.15) is 24.1 Å². The molecule has 1 aromatic rings. The predicted molar refractivity (Wildman–Crippen MR) is 53.8 cm³/mol. The van der Waals surface area contributed by atoms with Crippen LogP contribution < -0.4 is 5.73 Å². The molecule has 0 aliphatic carbocycles. The summed E-state index contributed by atoms with van der Waals surface area (Å²) in [4.78, 5) is 0. The Bertz CT molecular complexity index is 295. The molecular weight excluding hydrogens is 193 g/mol. The summed E-state index contributed by atoms with van der Waals surface area (Å²) < 4.78 is 0. The number of nitrogens with two attached hydrogens (primary N) is 1. The summed E-state index contributed by atoms with van der Waals surface area (Å²) in [6.07, 6.45) is 0. The standard InChI is InChI=1S/C9H11Cl2N/c1-5-3-7(6(2)12)9(11)4-8(5)10/h3-4,6H,12H2,1-2H3. The molecular formula is C9H11Cl2N. The Morgan fingerprint density at radius 2 is 1.83 bits per heavy atom. The van der Waals surface area contributed by atoms with Crippen molar-refractivity contribution in [2.45, 2.75) is 19.9 Å². The number of hydrogen-bond acceptors (Lipinski definition) is 1. The van der Waals surface area contributed by atoms with E-state index in [1.807, 2.05) is 19.9 Å².